The molecule has 0 aliphatic rings. The second-order valence-corrected chi connectivity index (χ2v) is 8.32. The Morgan fingerprint density at radius 1 is 0.971 bits per heavy atom. The molecule has 8 heteroatoms. The molecule has 0 saturated heterocycles. The van der Waals surface area contributed by atoms with Crippen LogP contribution in [0.15, 0.2) is 48.5 Å². The zero-order valence-corrected chi connectivity index (χ0v) is 20.4. The van der Waals surface area contributed by atoms with E-state index in [0.29, 0.717) is 22.4 Å². The van der Waals surface area contributed by atoms with Crippen molar-refractivity contribution in [3.05, 3.63) is 93.8 Å². The largest absolute Gasteiger partial charge is 0.461 e. The molecule has 6 nitrogen and oxygen atoms in total. The predicted molar refractivity (Wildman–Crippen MR) is 127 cm³/mol. The number of ketones is 1. The fourth-order valence-electron chi connectivity index (χ4n) is 4.11. The van der Waals surface area contributed by atoms with E-state index in [0.717, 1.165) is 0 Å². The average molecular weight is 483 g/mol. The number of carbonyl (C=O) groups is 3. The van der Waals surface area contributed by atoms with Gasteiger partial charge >= 0.3 is 5.97 Å². The molecule has 0 bridgehead atoms. The molecule has 1 amide bonds. The lowest BCUT2D eigenvalue weighted by Crippen LogP contribution is -2.43. The summed E-state index contributed by atoms with van der Waals surface area (Å²) in [5, 5.41) is 0. The third-order valence-electron chi connectivity index (χ3n) is 6.11. The van der Waals surface area contributed by atoms with Gasteiger partial charge in [0, 0.05) is 30.4 Å². The van der Waals surface area contributed by atoms with Crippen molar-refractivity contribution in [1.29, 1.82) is 0 Å². The number of hydrogen-bond acceptors (Lipinski definition) is 4. The van der Waals surface area contributed by atoms with Crippen LogP contribution >= 0.6 is 0 Å². The number of esters is 1. The quantitative estimate of drug-likeness (QED) is 0.334. The van der Waals surface area contributed by atoms with E-state index in [1.165, 1.54) is 53.4 Å². The summed E-state index contributed by atoms with van der Waals surface area (Å²) in [6.07, 6.45) is 0. The Balaban J connectivity index is 2.03. The van der Waals surface area contributed by atoms with E-state index < -0.39 is 29.6 Å². The summed E-state index contributed by atoms with van der Waals surface area (Å²) in [6, 6.07) is 9.74. The minimum atomic E-state index is -0.938. The first-order valence-corrected chi connectivity index (χ1v) is 11.2. The van der Waals surface area contributed by atoms with Crippen LogP contribution in [-0.4, -0.2) is 39.8 Å². The highest BCUT2D eigenvalue weighted by Crippen LogP contribution is 2.26. The van der Waals surface area contributed by atoms with Gasteiger partial charge in [-0.1, -0.05) is 12.1 Å². The van der Waals surface area contributed by atoms with Gasteiger partial charge in [0.1, 0.15) is 17.3 Å². The van der Waals surface area contributed by atoms with Gasteiger partial charge in [-0.25, -0.2) is 13.6 Å². The Kier molecular flexibility index (Phi) is 7.84. The van der Waals surface area contributed by atoms with Crippen molar-refractivity contribution in [2.24, 2.45) is 7.05 Å². The molecule has 35 heavy (non-hydrogen) atoms. The molecule has 3 rings (SSSR count). The average Bonchev–Trinajstić information content (AvgIpc) is 3.05. The highest BCUT2D eigenvalue weighted by Gasteiger charge is 2.33. The molecule has 0 spiro atoms. The van der Waals surface area contributed by atoms with Crippen LogP contribution in [0.1, 0.15) is 61.9 Å². The Morgan fingerprint density at radius 3 is 2.06 bits per heavy atom. The van der Waals surface area contributed by atoms with Gasteiger partial charge in [-0.05, 0) is 75.2 Å². The smallest absolute Gasteiger partial charge is 0.355 e. The standard InChI is InChI=1S/C27H28F2N2O4/c1-6-35-27(34)24-16(2)23(17(3)30(24)5)25(32)18(4)31(15-19-7-11-21(28)12-8-19)26(33)20-9-13-22(29)14-10-20/h7-14,18H,6,15H2,1-5H3/t18-/m1/s1. The lowest BCUT2D eigenvalue weighted by atomic mass is 9.98. The van der Waals surface area contributed by atoms with Gasteiger partial charge in [0.25, 0.3) is 5.91 Å². The summed E-state index contributed by atoms with van der Waals surface area (Å²) in [6.45, 7) is 6.92. The van der Waals surface area contributed by atoms with Gasteiger partial charge in [0.2, 0.25) is 0 Å². The Hall–Kier alpha value is -3.81. The predicted octanol–water partition coefficient (Wildman–Crippen LogP) is 5.01. The first kappa shape index (κ1) is 25.8. The van der Waals surface area contributed by atoms with Gasteiger partial charge in [-0.2, -0.15) is 0 Å². The van der Waals surface area contributed by atoms with Crippen molar-refractivity contribution in [3.63, 3.8) is 0 Å². The molecular weight excluding hydrogens is 454 g/mol. The monoisotopic (exact) mass is 482 g/mol. The normalized spacial score (nSPS) is 11.7. The maximum absolute atomic E-state index is 13.7. The van der Waals surface area contributed by atoms with Crippen molar-refractivity contribution in [3.8, 4) is 0 Å². The molecule has 0 fully saturated rings. The van der Waals surface area contributed by atoms with Gasteiger partial charge < -0.3 is 14.2 Å². The van der Waals surface area contributed by atoms with Crippen LogP contribution in [0, 0.1) is 25.5 Å². The molecule has 0 aliphatic carbocycles. The number of hydrogen-bond donors (Lipinski definition) is 0. The van der Waals surface area contributed by atoms with E-state index in [4.69, 9.17) is 4.74 Å². The molecule has 0 N–H and O–H groups in total. The second-order valence-electron chi connectivity index (χ2n) is 8.32. The zero-order chi connectivity index (χ0) is 25.9. The second kappa shape index (κ2) is 10.6. The number of rotatable bonds is 8. The van der Waals surface area contributed by atoms with Crippen molar-refractivity contribution in [1.82, 2.24) is 9.47 Å². The first-order valence-electron chi connectivity index (χ1n) is 11.2. The van der Waals surface area contributed by atoms with E-state index in [2.05, 4.69) is 0 Å². The molecule has 1 atom stereocenters. The van der Waals surface area contributed by atoms with Crippen molar-refractivity contribution < 1.29 is 27.9 Å². The minimum absolute atomic E-state index is 0.0268. The Morgan fingerprint density at radius 2 is 1.51 bits per heavy atom. The summed E-state index contributed by atoms with van der Waals surface area (Å²) in [4.78, 5) is 41.0. The van der Waals surface area contributed by atoms with Crippen molar-refractivity contribution >= 4 is 17.7 Å². The first-order chi connectivity index (χ1) is 16.6. The third kappa shape index (κ3) is 5.31. The van der Waals surface area contributed by atoms with Crippen LogP contribution < -0.4 is 0 Å². The van der Waals surface area contributed by atoms with Crippen LogP contribution in [0.2, 0.25) is 0 Å². The molecule has 1 heterocycles. The van der Waals surface area contributed by atoms with Gasteiger partial charge in [-0.15, -0.1) is 0 Å². The van der Waals surface area contributed by atoms with E-state index in [9.17, 15) is 23.2 Å². The molecule has 0 unspecified atom stereocenters. The van der Waals surface area contributed by atoms with Crippen molar-refractivity contribution in [2.45, 2.75) is 40.3 Å². The molecule has 2 aromatic carbocycles. The van der Waals surface area contributed by atoms with Crippen LogP contribution in [0.5, 0.6) is 0 Å². The summed E-state index contributed by atoms with van der Waals surface area (Å²) < 4.78 is 33.6. The topological polar surface area (TPSA) is 68.6 Å². The fraction of sp³-hybridized carbons (Fsp3) is 0.296. The van der Waals surface area contributed by atoms with Crippen LogP contribution in [0.4, 0.5) is 8.78 Å². The number of Topliss-reactive ketones (excluding diaryl/α,β-unsaturated/α-hetero) is 1. The van der Waals surface area contributed by atoms with E-state index in [1.807, 2.05) is 0 Å². The van der Waals surface area contributed by atoms with Crippen LogP contribution in [0.25, 0.3) is 0 Å². The molecule has 3 aromatic rings. The SMILES string of the molecule is CCOC(=O)c1c(C)c(C(=O)[C@@H](C)N(Cc2ccc(F)cc2)C(=O)c2ccc(F)cc2)c(C)n1C. The summed E-state index contributed by atoms with van der Waals surface area (Å²) in [7, 11) is 1.68. The van der Waals surface area contributed by atoms with Gasteiger partial charge in [-0.3, -0.25) is 9.59 Å². The molecular formula is C27H28F2N2O4. The lowest BCUT2D eigenvalue weighted by Gasteiger charge is -2.29. The fourth-order valence-corrected chi connectivity index (χ4v) is 4.11. The number of nitrogens with zero attached hydrogens (tertiary/aromatic N) is 2. The minimum Gasteiger partial charge on any atom is -0.461 e. The van der Waals surface area contributed by atoms with Gasteiger partial charge in [0.05, 0.1) is 12.6 Å². The molecule has 0 aliphatic heterocycles. The summed E-state index contributed by atoms with van der Waals surface area (Å²) in [5.74, 6) is -2.28. The van der Waals surface area contributed by atoms with Crippen LogP contribution in [0.3, 0.4) is 0 Å². The van der Waals surface area contributed by atoms with Crippen molar-refractivity contribution in [2.75, 3.05) is 6.61 Å². The molecule has 0 radical (unpaired) electrons. The molecule has 184 valence electrons. The third-order valence-corrected chi connectivity index (χ3v) is 6.11. The highest BCUT2D eigenvalue weighted by atomic mass is 19.1. The Labute approximate surface area is 203 Å². The Bertz CT molecular complexity index is 1250. The zero-order valence-electron chi connectivity index (χ0n) is 20.4. The lowest BCUT2D eigenvalue weighted by molar-refractivity contribution is 0.0513. The highest BCUT2D eigenvalue weighted by molar-refractivity contribution is 6.07. The number of halogens is 2. The molecule has 1 aromatic heterocycles. The summed E-state index contributed by atoms with van der Waals surface area (Å²) >= 11 is 0. The van der Waals surface area contributed by atoms with Gasteiger partial charge in [0.15, 0.2) is 5.78 Å². The number of aromatic nitrogens is 1. The number of benzene rings is 2. The number of amides is 1. The number of ether oxygens (including phenoxy) is 1. The van der Waals surface area contributed by atoms with Crippen LogP contribution in [-0.2, 0) is 18.3 Å². The number of carbonyl (C=O) groups excluding carboxylic acids is 3. The van der Waals surface area contributed by atoms with E-state index >= 15 is 0 Å². The summed E-state index contributed by atoms with van der Waals surface area (Å²) in [5.41, 5.74) is 2.47. The van der Waals surface area contributed by atoms with E-state index in [-0.39, 0.29) is 30.2 Å². The van der Waals surface area contributed by atoms with E-state index in [1.54, 1.807) is 39.3 Å². The maximum Gasteiger partial charge on any atom is 0.355 e. The maximum atomic E-state index is 13.7. The molecule has 0 saturated carbocycles.